The Morgan fingerprint density at radius 2 is 2.15 bits per heavy atom. The Balaban J connectivity index is 2.62. The predicted molar refractivity (Wildman–Crippen MR) is 78.0 cm³/mol. The second kappa shape index (κ2) is 7.79. The van der Waals surface area contributed by atoms with Crippen LogP contribution in [0.15, 0.2) is 12.3 Å². The molecule has 20 heavy (non-hydrogen) atoms. The summed E-state index contributed by atoms with van der Waals surface area (Å²) >= 11 is 0. The number of hydrogen-bond acceptors (Lipinski definition) is 4. The second-order valence-corrected chi connectivity index (χ2v) is 5.22. The Kier molecular flexibility index (Phi) is 6.38. The Hall–Kier alpha value is -1.69. The summed E-state index contributed by atoms with van der Waals surface area (Å²) in [6, 6.07) is 1.58. The van der Waals surface area contributed by atoms with Crippen molar-refractivity contribution in [2.75, 3.05) is 13.1 Å². The zero-order chi connectivity index (χ0) is 15.1. The van der Waals surface area contributed by atoms with E-state index in [0.717, 1.165) is 25.8 Å². The van der Waals surface area contributed by atoms with Gasteiger partial charge in [-0.05, 0) is 26.8 Å². The minimum Gasteiger partial charge on any atom is -0.353 e. The zero-order valence-corrected chi connectivity index (χ0v) is 12.4. The van der Waals surface area contributed by atoms with Crippen LogP contribution in [0.1, 0.15) is 50.5 Å². The number of ketones is 1. The molecule has 112 valence electrons. The summed E-state index contributed by atoms with van der Waals surface area (Å²) in [4.78, 5) is 27.0. The summed E-state index contributed by atoms with van der Waals surface area (Å²) in [5, 5.41) is 10.6. The molecule has 0 aliphatic heterocycles. The van der Waals surface area contributed by atoms with Gasteiger partial charge in [0, 0.05) is 12.1 Å². The number of unbranched alkanes of at least 4 members (excludes halogenated alkanes) is 2. The van der Waals surface area contributed by atoms with E-state index in [1.165, 1.54) is 12.3 Å². The number of carbonyl (C=O) groups is 1. The van der Waals surface area contributed by atoms with Crippen molar-refractivity contribution < 1.29 is 9.72 Å². The molecular weight excluding hydrogens is 258 g/mol. The first kappa shape index (κ1) is 16.4. The van der Waals surface area contributed by atoms with Crippen LogP contribution < -0.4 is 0 Å². The van der Waals surface area contributed by atoms with Crippen molar-refractivity contribution in [2.45, 2.75) is 46.1 Å². The van der Waals surface area contributed by atoms with Crippen LogP contribution in [0.3, 0.4) is 0 Å². The molecule has 0 aromatic carbocycles. The van der Waals surface area contributed by atoms with Gasteiger partial charge in [-0.1, -0.05) is 19.8 Å². The van der Waals surface area contributed by atoms with Crippen LogP contribution in [0.4, 0.5) is 5.69 Å². The number of nitrogens with zero attached hydrogens (tertiary/aromatic N) is 2. The van der Waals surface area contributed by atoms with Crippen LogP contribution in [-0.2, 0) is 0 Å². The fraction of sp³-hybridized carbons (Fsp3) is 0.643. The maximum absolute atomic E-state index is 12.1. The lowest BCUT2D eigenvalue weighted by molar-refractivity contribution is -0.384. The van der Waals surface area contributed by atoms with Gasteiger partial charge in [0.25, 0.3) is 5.69 Å². The van der Waals surface area contributed by atoms with Gasteiger partial charge >= 0.3 is 0 Å². The number of nitro groups is 1. The standard InChI is InChI=1S/C14H23N3O3/c1-4-5-6-7-16(11(2)3)10-14(18)13-8-12(9-15-13)17(19)20/h8-9,11,15H,4-7,10H2,1-3H3. The molecule has 1 heterocycles. The molecule has 0 atom stereocenters. The fourth-order valence-electron chi connectivity index (χ4n) is 2.00. The smallest absolute Gasteiger partial charge is 0.287 e. The van der Waals surface area contributed by atoms with Crippen molar-refractivity contribution in [2.24, 2.45) is 0 Å². The van der Waals surface area contributed by atoms with E-state index in [0.29, 0.717) is 12.2 Å². The van der Waals surface area contributed by atoms with E-state index < -0.39 is 4.92 Å². The minimum absolute atomic E-state index is 0.0737. The van der Waals surface area contributed by atoms with E-state index in [1.54, 1.807) is 0 Å². The maximum atomic E-state index is 12.1. The van der Waals surface area contributed by atoms with Crippen molar-refractivity contribution in [3.8, 4) is 0 Å². The van der Waals surface area contributed by atoms with Crippen LogP contribution in [0, 0.1) is 10.1 Å². The number of rotatable bonds is 9. The van der Waals surface area contributed by atoms with Crippen LogP contribution >= 0.6 is 0 Å². The van der Waals surface area contributed by atoms with E-state index in [1.807, 2.05) is 0 Å². The van der Waals surface area contributed by atoms with Crippen LogP contribution in [0.5, 0.6) is 0 Å². The summed E-state index contributed by atoms with van der Waals surface area (Å²) in [6.45, 7) is 7.41. The SMILES string of the molecule is CCCCCN(CC(=O)c1cc([N+](=O)[O-])c[nH]1)C(C)C. The molecule has 0 saturated heterocycles. The summed E-state index contributed by atoms with van der Waals surface area (Å²) in [5.74, 6) is -0.108. The lowest BCUT2D eigenvalue weighted by Crippen LogP contribution is -2.36. The summed E-state index contributed by atoms with van der Waals surface area (Å²) in [5.41, 5.74) is 0.230. The quantitative estimate of drug-likeness (QED) is 0.326. The molecule has 6 nitrogen and oxygen atoms in total. The molecule has 0 radical (unpaired) electrons. The molecule has 0 amide bonds. The van der Waals surface area contributed by atoms with Gasteiger partial charge in [0.2, 0.25) is 0 Å². The molecule has 0 spiro atoms. The predicted octanol–water partition coefficient (Wildman–Crippen LogP) is 3.01. The van der Waals surface area contributed by atoms with Gasteiger partial charge in [-0.3, -0.25) is 19.8 Å². The molecule has 6 heteroatoms. The van der Waals surface area contributed by atoms with Crippen molar-refractivity contribution in [3.05, 3.63) is 28.1 Å². The third kappa shape index (κ3) is 4.77. The van der Waals surface area contributed by atoms with Crippen molar-refractivity contribution in [1.29, 1.82) is 0 Å². The largest absolute Gasteiger partial charge is 0.353 e. The van der Waals surface area contributed by atoms with Crippen molar-refractivity contribution in [1.82, 2.24) is 9.88 Å². The number of aromatic nitrogens is 1. The van der Waals surface area contributed by atoms with Gasteiger partial charge in [-0.15, -0.1) is 0 Å². The topological polar surface area (TPSA) is 79.2 Å². The normalized spacial score (nSPS) is 11.2. The Labute approximate surface area is 119 Å². The highest BCUT2D eigenvalue weighted by atomic mass is 16.6. The zero-order valence-electron chi connectivity index (χ0n) is 12.4. The molecule has 0 bridgehead atoms. The summed E-state index contributed by atoms with van der Waals surface area (Å²) in [6.07, 6.45) is 4.60. The van der Waals surface area contributed by atoms with Gasteiger partial charge < -0.3 is 4.98 Å². The Morgan fingerprint density at radius 3 is 2.65 bits per heavy atom. The number of aromatic amines is 1. The second-order valence-electron chi connectivity index (χ2n) is 5.22. The molecule has 1 aromatic rings. The first-order valence-corrected chi connectivity index (χ1v) is 7.05. The summed E-state index contributed by atoms with van der Waals surface area (Å²) < 4.78 is 0. The molecular formula is C14H23N3O3. The Bertz CT molecular complexity index is 454. The average Bonchev–Trinajstić information content (AvgIpc) is 2.87. The third-order valence-corrected chi connectivity index (χ3v) is 3.30. The monoisotopic (exact) mass is 281 g/mol. The van der Waals surface area contributed by atoms with Gasteiger partial charge in [0.15, 0.2) is 5.78 Å². The van der Waals surface area contributed by atoms with E-state index in [-0.39, 0.29) is 17.5 Å². The highest BCUT2D eigenvalue weighted by Gasteiger charge is 2.18. The van der Waals surface area contributed by atoms with E-state index in [4.69, 9.17) is 0 Å². The van der Waals surface area contributed by atoms with Crippen LogP contribution in [0.25, 0.3) is 0 Å². The average molecular weight is 281 g/mol. The number of H-pyrrole nitrogens is 1. The number of carbonyl (C=O) groups excluding carboxylic acids is 1. The number of hydrogen-bond donors (Lipinski definition) is 1. The van der Waals surface area contributed by atoms with E-state index in [2.05, 4.69) is 30.7 Å². The molecule has 0 aliphatic rings. The Morgan fingerprint density at radius 1 is 1.45 bits per heavy atom. The number of Topliss-reactive ketones (excluding diaryl/α,β-unsaturated/α-hetero) is 1. The van der Waals surface area contributed by atoms with Gasteiger partial charge in [-0.2, -0.15) is 0 Å². The molecule has 1 rings (SSSR count). The minimum atomic E-state index is -0.505. The first-order valence-electron chi connectivity index (χ1n) is 7.05. The maximum Gasteiger partial charge on any atom is 0.287 e. The third-order valence-electron chi connectivity index (χ3n) is 3.30. The van der Waals surface area contributed by atoms with E-state index >= 15 is 0 Å². The first-order chi connectivity index (χ1) is 9.45. The molecule has 0 saturated carbocycles. The summed E-state index contributed by atoms with van der Waals surface area (Å²) in [7, 11) is 0. The molecule has 0 aliphatic carbocycles. The molecule has 1 N–H and O–H groups in total. The van der Waals surface area contributed by atoms with Gasteiger partial charge in [-0.25, -0.2) is 0 Å². The number of nitrogens with one attached hydrogen (secondary N) is 1. The lowest BCUT2D eigenvalue weighted by atomic mass is 10.2. The van der Waals surface area contributed by atoms with Crippen LogP contribution in [0.2, 0.25) is 0 Å². The highest BCUT2D eigenvalue weighted by Crippen LogP contribution is 2.13. The van der Waals surface area contributed by atoms with E-state index in [9.17, 15) is 14.9 Å². The van der Waals surface area contributed by atoms with Crippen molar-refractivity contribution >= 4 is 11.5 Å². The molecule has 0 unspecified atom stereocenters. The lowest BCUT2D eigenvalue weighted by Gasteiger charge is -2.25. The van der Waals surface area contributed by atoms with Crippen LogP contribution in [-0.4, -0.2) is 39.7 Å². The van der Waals surface area contributed by atoms with Crippen molar-refractivity contribution in [3.63, 3.8) is 0 Å². The highest BCUT2D eigenvalue weighted by molar-refractivity contribution is 5.96. The van der Waals surface area contributed by atoms with Gasteiger partial charge in [0.1, 0.15) is 0 Å². The van der Waals surface area contributed by atoms with Gasteiger partial charge in [0.05, 0.1) is 23.4 Å². The fourth-order valence-corrected chi connectivity index (χ4v) is 2.00. The molecule has 1 aromatic heterocycles. The molecule has 0 fully saturated rings.